The van der Waals surface area contributed by atoms with E-state index in [1.54, 1.807) is 0 Å². The van der Waals surface area contributed by atoms with Crippen LogP contribution in [-0.4, -0.2) is 27.5 Å². The van der Waals surface area contributed by atoms with E-state index in [1.807, 2.05) is 26.8 Å². The Morgan fingerprint density at radius 3 is 2.71 bits per heavy atom. The molecule has 0 radical (unpaired) electrons. The zero-order valence-corrected chi connectivity index (χ0v) is 11.2. The number of hydrogen-bond donors (Lipinski definition) is 1. The van der Waals surface area contributed by atoms with Crippen molar-refractivity contribution in [3.63, 3.8) is 0 Å². The summed E-state index contributed by atoms with van der Waals surface area (Å²) >= 11 is 5.94. The predicted molar refractivity (Wildman–Crippen MR) is 68.8 cm³/mol. The Kier molecular flexibility index (Phi) is 3.72. The molecule has 5 heteroatoms. The number of halogens is 1. The number of alkyl halides is 1. The van der Waals surface area contributed by atoms with Crippen molar-refractivity contribution in [2.45, 2.75) is 51.1 Å². The van der Waals surface area contributed by atoms with Gasteiger partial charge in [-0.3, -0.25) is 0 Å². The van der Waals surface area contributed by atoms with Crippen LogP contribution in [-0.2, 0) is 0 Å². The van der Waals surface area contributed by atoms with Crippen molar-refractivity contribution in [2.24, 2.45) is 0 Å². The maximum Gasteiger partial charge on any atom is 0.226 e. The second kappa shape index (κ2) is 5.08. The molecule has 1 aromatic heterocycles. The molecular weight excluding hydrogens is 238 g/mol. The minimum atomic E-state index is 0.119. The van der Waals surface area contributed by atoms with E-state index in [0.29, 0.717) is 23.2 Å². The van der Waals surface area contributed by atoms with Gasteiger partial charge in [0.05, 0.1) is 6.10 Å². The summed E-state index contributed by atoms with van der Waals surface area (Å²) in [5, 5.41) is 3.57. The van der Waals surface area contributed by atoms with Crippen LogP contribution in [0.3, 0.4) is 0 Å². The third kappa shape index (κ3) is 3.46. The third-order valence-electron chi connectivity index (χ3n) is 2.60. The monoisotopic (exact) mass is 255 g/mol. The first-order valence-corrected chi connectivity index (χ1v) is 6.39. The molecule has 94 valence electrons. The highest BCUT2D eigenvalue weighted by Crippen LogP contribution is 2.28. The van der Waals surface area contributed by atoms with Crippen LogP contribution >= 0.6 is 11.6 Å². The Hall–Kier alpha value is -1.03. The van der Waals surface area contributed by atoms with E-state index in [-0.39, 0.29) is 6.10 Å². The minimum Gasteiger partial charge on any atom is -0.475 e. The Bertz CT molecular complexity index is 391. The summed E-state index contributed by atoms with van der Waals surface area (Å²) in [6, 6.07) is 2.24. The second-order valence-corrected chi connectivity index (χ2v) is 5.36. The van der Waals surface area contributed by atoms with Gasteiger partial charge in [-0.05, 0) is 33.6 Å². The zero-order valence-electron chi connectivity index (χ0n) is 10.4. The first-order chi connectivity index (χ1) is 8.02. The molecule has 1 aliphatic carbocycles. The van der Waals surface area contributed by atoms with Crippen molar-refractivity contribution < 1.29 is 4.74 Å². The van der Waals surface area contributed by atoms with Crippen LogP contribution in [0.25, 0.3) is 0 Å². The van der Waals surface area contributed by atoms with E-state index in [0.717, 1.165) is 18.5 Å². The van der Waals surface area contributed by atoms with Gasteiger partial charge in [-0.25, -0.2) is 4.98 Å². The minimum absolute atomic E-state index is 0.119. The first kappa shape index (κ1) is 12.4. The van der Waals surface area contributed by atoms with Gasteiger partial charge in [-0.15, -0.1) is 11.6 Å². The molecule has 0 amide bonds. The number of nitrogens with zero attached hydrogens (tertiary/aromatic N) is 2. The molecule has 2 rings (SSSR count). The van der Waals surface area contributed by atoms with E-state index in [2.05, 4.69) is 15.3 Å². The van der Waals surface area contributed by atoms with E-state index >= 15 is 0 Å². The third-order valence-corrected chi connectivity index (χ3v) is 2.96. The van der Waals surface area contributed by atoms with Crippen molar-refractivity contribution >= 4 is 17.5 Å². The molecule has 0 spiro atoms. The number of hydrogen-bond acceptors (Lipinski definition) is 4. The highest BCUT2D eigenvalue weighted by atomic mass is 35.5. The summed E-state index contributed by atoms with van der Waals surface area (Å²) in [6.07, 6.45) is 2.06. The predicted octanol–water partition coefficient (Wildman–Crippen LogP) is 2.75. The smallest absolute Gasteiger partial charge is 0.226 e. The largest absolute Gasteiger partial charge is 0.475 e. The van der Waals surface area contributed by atoms with Gasteiger partial charge in [0.2, 0.25) is 11.8 Å². The van der Waals surface area contributed by atoms with Gasteiger partial charge in [-0.1, -0.05) is 0 Å². The molecule has 1 N–H and O–H groups in total. The van der Waals surface area contributed by atoms with Gasteiger partial charge in [0.15, 0.2) is 0 Å². The second-order valence-electron chi connectivity index (χ2n) is 4.75. The number of aryl methyl sites for hydroxylation is 1. The van der Waals surface area contributed by atoms with E-state index < -0.39 is 0 Å². The number of ether oxygens (including phenoxy) is 1. The lowest BCUT2D eigenvalue weighted by Gasteiger charge is -2.31. The highest BCUT2D eigenvalue weighted by Gasteiger charge is 2.27. The Morgan fingerprint density at radius 1 is 1.41 bits per heavy atom. The van der Waals surface area contributed by atoms with Gasteiger partial charge < -0.3 is 10.1 Å². The Morgan fingerprint density at radius 2 is 2.12 bits per heavy atom. The molecule has 1 saturated carbocycles. The molecule has 0 bridgehead atoms. The van der Waals surface area contributed by atoms with Gasteiger partial charge in [0.25, 0.3) is 0 Å². The summed E-state index contributed by atoms with van der Waals surface area (Å²) in [6.45, 7) is 5.90. The fourth-order valence-electron chi connectivity index (χ4n) is 1.75. The molecule has 4 nitrogen and oxygen atoms in total. The normalized spacial score (nSPS) is 23.4. The lowest BCUT2D eigenvalue weighted by Crippen LogP contribution is -2.36. The van der Waals surface area contributed by atoms with E-state index in [9.17, 15) is 0 Å². The molecule has 17 heavy (non-hydrogen) atoms. The fraction of sp³-hybridized carbons (Fsp3) is 0.667. The summed E-state index contributed by atoms with van der Waals surface area (Å²) in [4.78, 5) is 8.68. The fourth-order valence-corrected chi connectivity index (χ4v) is 2.19. The van der Waals surface area contributed by atoms with Crippen LogP contribution in [0.4, 0.5) is 5.95 Å². The number of aromatic nitrogens is 2. The van der Waals surface area contributed by atoms with Crippen molar-refractivity contribution in [1.82, 2.24) is 9.97 Å². The van der Waals surface area contributed by atoms with Crippen LogP contribution in [0.15, 0.2) is 6.07 Å². The molecular formula is C12H18ClN3O. The summed E-state index contributed by atoms with van der Waals surface area (Å²) in [7, 11) is 0. The lowest BCUT2D eigenvalue weighted by molar-refractivity contribution is 0.232. The number of rotatable bonds is 4. The highest BCUT2D eigenvalue weighted by molar-refractivity contribution is 6.21. The van der Waals surface area contributed by atoms with Gasteiger partial charge >= 0.3 is 0 Å². The zero-order chi connectivity index (χ0) is 12.4. The Balaban J connectivity index is 2.03. The number of nitrogens with one attached hydrogen (secondary N) is 1. The standard InChI is InChI=1S/C12H18ClN3O/c1-7(2)17-11-4-8(3)14-12(16-11)15-10-5-9(13)6-10/h4,7,9-10H,5-6H2,1-3H3,(H,14,15,16). The maximum atomic E-state index is 5.94. The quantitative estimate of drug-likeness (QED) is 0.841. The molecule has 1 heterocycles. The molecule has 1 fully saturated rings. The summed E-state index contributed by atoms with van der Waals surface area (Å²) < 4.78 is 5.57. The number of anilines is 1. The molecule has 0 unspecified atom stereocenters. The average molecular weight is 256 g/mol. The van der Waals surface area contributed by atoms with Crippen molar-refractivity contribution in [2.75, 3.05) is 5.32 Å². The van der Waals surface area contributed by atoms with Gasteiger partial charge in [-0.2, -0.15) is 4.98 Å². The van der Waals surface area contributed by atoms with E-state index in [4.69, 9.17) is 16.3 Å². The maximum absolute atomic E-state index is 5.94. The Labute approximate surface area is 107 Å². The van der Waals surface area contributed by atoms with E-state index in [1.165, 1.54) is 0 Å². The van der Waals surface area contributed by atoms with Crippen molar-refractivity contribution in [1.29, 1.82) is 0 Å². The van der Waals surface area contributed by atoms with Gasteiger partial charge in [0.1, 0.15) is 0 Å². The molecule has 1 aromatic rings. The first-order valence-electron chi connectivity index (χ1n) is 5.96. The summed E-state index contributed by atoms with van der Waals surface area (Å²) in [5.74, 6) is 1.26. The average Bonchev–Trinajstić information content (AvgIpc) is 2.12. The van der Waals surface area contributed by atoms with Gasteiger partial charge in [0, 0.05) is 23.2 Å². The van der Waals surface area contributed by atoms with Crippen LogP contribution in [0, 0.1) is 6.92 Å². The molecule has 0 atom stereocenters. The molecule has 0 aliphatic heterocycles. The van der Waals surface area contributed by atoms with Crippen LogP contribution in [0.5, 0.6) is 5.88 Å². The van der Waals surface area contributed by atoms with Crippen LogP contribution in [0.1, 0.15) is 32.4 Å². The molecule has 1 aliphatic rings. The molecule has 0 aromatic carbocycles. The van der Waals surface area contributed by atoms with Crippen molar-refractivity contribution in [3.8, 4) is 5.88 Å². The van der Waals surface area contributed by atoms with Crippen molar-refractivity contribution in [3.05, 3.63) is 11.8 Å². The van der Waals surface area contributed by atoms with Crippen LogP contribution in [0.2, 0.25) is 0 Å². The summed E-state index contributed by atoms with van der Waals surface area (Å²) in [5.41, 5.74) is 0.903. The molecule has 0 saturated heterocycles. The topological polar surface area (TPSA) is 47.0 Å². The SMILES string of the molecule is Cc1cc(OC(C)C)nc(NC2CC(Cl)C2)n1. The lowest BCUT2D eigenvalue weighted by atomic mass is 9.93. The van der Waals surface area contributed by atoms with Crippen LogP contribution < -0.4 is 10.1 Å².